The van der Waals surface area contributed by atoms with Gasteiger partial charge in [0.25, 0.3) is 0 Å². The van der Waals surface area contributed by atoms with Crippen LogP contribution in [0, 0.1) is 0 Å². The quantitative estimate of drug-likeness (QED) is 0.900. The van der Waals surface area contributed by atoms with Crippen LogP contribution in [0.1, 0.15) is 18.1 Å². The normalized spacial score (nSPS) is 12.2. The van der Waals surface area contributed by atoms with Gasteiger partial charge in [-0.25, -0.2) is 0 Å². The van der Waals surface area contributed by atoms with Crippen molar-refractivity contribution in [2.24, 2.45) is 0 Å². The van der Waals surface area contributed by atoms with Crippen molar-refractivity contribution in [1.82, 2.24) is 0 Å². The Morgan fingerprint density at radius 3 is 2.32 bits per heavy atom. The van der Waals surface area contributed by atoms with Crippen molar-refractivity contribution in [2.45, 2.75) is 12.5 Å². The Labute approximate surface area is 122 Å². The standard InChI is InChI=1S/C16H18BrNO/c1-18(15-5-3-2-4-6-15)12-11-16(19)13-7-9-14(17)10-8-13/h2-10,16,19H,11-12H2,1H3. The lowest BCUT2D eigenvalue weighted by Crippen LogP contribution is -2.20. The summed E-state index contributed by atoms with van der Waals surface area (Å²) in [6.07, 6.45) is 0.298. The first-order valence-electron chi connectivity index (χ1n) is 6.36. The SMILES string of the molecule is CN(CCC(O)c1ccc(Br)cc1)c1ccccc1. The molecule has 1 unspecified atom stereocenters. The predicted molar refractivity (Wildman–Crippen MR) is 83.4 cm³/mol. The molecule has 0 radical (unpaired) electrons. The molecule has 2 aromatic carbocycles. The minimum Gasteiger partial charge on any atom is -0.388 e. The Morgan fingerprint density at radius 2 is 1.68 bits per heavy atom. The minimum atomic E-state index is -0.417. The Kier molecular flexibility index (Phi) is 5.00. The van der Waals surface area contributed by atoms with Crippen molar-refractivity contribution < 1.29 is 5.11 Å². The summed E-state index contributed by atoms with van der Waals surface area (Å²) in [4.78, 5) is 2.15. The first kappa shape index (κ1) is 14.1. The largest absolute Gasteiger partial charge is 0.388 e. The fourth-order valence-electron chi connectivity index (χ4n) is 1.98. The second-order valence-electron chi connectivity index (χ2n) is 4.61. The Hall–Kier alpha value is -1.32. The highest BCUT2D eigenvalue weighted by atomic mass is 79.9. The smallest absolute Gasteiger partial charge is 0.0806 e. The summed E-state index contributed by atoms with van der Waals surface area (Å²) in [7, 11) is 2.05. The lowest BCUT2D eigenvalue weighted by molar-refractivity contribution is 0.170. The van der Waals surface area contributed by atoms with E-state index in [-0.39, 0.29) is 0 Å². The van der Waals surface area contributed by atoms with Crippen LogP contribution < -0.4 is 4.90 Å². The molecule has 0 aromatic heterocycles. The third-order valence-corrected chi connectivity index (χ3v) is 3.72. The molecule has 0 aliphatic carbocycles. The third kappa shape index (κ3) is 4.08. The Balaban J connectivity index is 1.90. The highest BCUT2D eigenvalue weighted by molar-refractivity contribution is 9.10. The van der Waals surface area contributed by atoms with Crippen molar-refractivity contribution in [3.63, 3.8) is 0 Å². The maximum atomic E-state index is 10.2. The monoisotopic (exact) mass is 319 g/mol. The van der Waals surface area contributed by atoms with E-state index >= 15 is 0 Å². The molecule has 0 bridgehead atoms. The average molecular weight is 320 g/mol. The van der Waals surface area contributed by atoms with Gasteiger partial charge in [0.2, 0.25) is 0 Å². The zero-order chi connectivity index (χ0) is 13.7. The number of aliphatic hydroxyl groups excluding tert-OH is 1. The number of anilines is 1. The first-order chi connectivity index (χ1) is 9.16. The fourth-order valence-corrected chi connectivity index (χ4v) is 2.24. The van der Waals surface area contributed by atoms with Crippen LogP contribution in [0.5, 0.6) is 0 Å². The number of rotatable bonds is 5. The number of para-hydroxylation sites is 1. The van der Waals surface area contributed by atoms with E-state index < -0.39 is 6.10 Å². The maximum absolute atomic E-state index is 10.2. The summed E-state index contributed by atoms with van der Waals surface area (Å²) in [5.74, 6) is 0. The van der Waals surface area contributed by atoms with Gasteiger partial charge in [0, 0.05) is 23.8 Å². The molecule has 2 nitrogen and oxygen atoms in total. The van der Waals surface area contributed by atoms with Gasteiger partial charge in [-0.05, 0) is 36.2 Å². The highest BCUT2D eigenvalue weighted by Crippen LogP contribution is 2.20. The average Bonchev–Trinajstić information content (AvgIpc) is 2.46. The number of hydrogen-bond acceptors (Lipinski definition) is 2. The van der Waals surface area contributed by atoms with Crippen LogP contribution in [0.2, 0.25) is 0 Å². The van der Waals surface area contributed by atoms with Crippen molar-refractivity contribution in [1.29, 1.82) is 0 Å². The minimum absolute atomic E-state index is 0.417. The molecule has 0 aliphatic heterocycles. The second-order valence-corrected chi connectivity index (χ2v) is 5.53. The summed E-state index contributed by atoms with van der Waals surface area (Å²) in [5, 5.41) is 10.2. The van der Waals surface area contributed by atoms with E-state index in [1.807, 2.05) is 49.5 Å². The number of hydrogen-bond donors (Lipinski definition) is 1. The third-order valence-electron chi connectivity index (χ3n) is 3.19. The molecule has 0 spiro atoms. The van der Waals surface area contributed by atoms with E-state index in [0.717, 1.165) is 16.6 Å². The number of nitrogens with zero attached hydrogens (tertiary/aromatic N) is 1. The molecule has 1 atom stereocenters. The van der Waals surface area contributed by atoms with E-state index in [0.29, 0.717) is 6.42 Å². The molecule has 2 aromatic rings. The van der Waals surface area contributed by atoms with E-state index in [1.165, 1.54) is 5.69 Å². The predicted octanol–water partition coefficient (Wildman–Crippen LogP) is 4.01. The molecule has 2 rings (SSSR count). The molecule has 0 amide bonds. The van der Waals surface area contributed by atoms with Gasteiger partial charge in [0.05, 0.1) is 6.10 Å². The second kappa shape index (κ2) is 6.73. The maximum Gasteiger partial charge on any atom is 0.0806 e. The van der Waals surface area contributed by atoms with Crippen molar-refractivity contribution in [3.8, 4) is 0 Å². The molecule has 0 heterocycles. The van der Waals surface area contributed by atoms with Gasteiger partial charge in [-0.1, -0.05) is 46.3 Å². The first-order valence-corrected chi connectivity index (χ1v) is 7.16. The summed E-state index contributed by atoms with van der Waals surface area (Å²) in [5.41, 5.74) is 2.13. The molecule has 0 fully saturated rings. The van der Waals surface area contributed by atoms with E-state index in [1.54, 1.807) is 0 Å². The molecule has 1 N–H and O–H groups in total. The number of benzene rings is 2. The summed E-state index contributed by atoms with van der Waals surface area (Å²) in [6, 6.07) is 18.0. The van der Waals surface area contributed by atoms with Gasteiger partial charge in [-0.2, -0.15) is 0 Å². The van der Waals surface area contributed by atoms with E-state index in [4.69, 9.17) is 0 Å². The molecule has 0 saturated heterocycles. The number of aliphatic hydroxyl groups is 1. The van der Waals surface area contributed by atoms with Crippen molar-refractivity contribution >= 4 is 21.6 Å². The molecule has 3 heteroatoms. The molecular weight excluding hydrogens is 302 g/mol. The van der Waals surface area contributed by atoms with Crippen LogP contribution in [0.25, 0.3) is 0 Å². The van der Waals surface area contributed by atoms with Crippen LogP contribution in [0.3, 0.4) is 0 Å². The Bertz CT molecular complexity index is 498. The van der Waals surface area contributed by atoms with Crippen LogP contribution >= 0.6 is 15.9 Å². The zero-order valence-corrected chi connectivity index (χ0v) is 12.5. The van der Waals surface area contributed by atoms with Crippen LogP contribution in [0.15, 0.2) is 59.1 Å². The van der Waals surface area contributed by atoms with Gasteiger partial charge < -0.3 is 10.0 Å². The molecule has 100 valence electrons. The van der Waals surface area contributed by atoms with E-state index in [2.05, 4.69) is 33.0 Å². The highest BCUT2D eigenvalue weighted by Gasteiger charge is 2.09. The van der Waals surface area contributed by atoms with Gasteiger partial charge in [-0.15, -0.1) is 0 Å². The lowest BCUT2D eigenvalue weighted by atomic mass is 10.1. The van der Waals surface area contributed by atoms with Gasteiger partial charge >= 0.3 is 0 Å². The van der Waals surface area contributed by atoms with Gasteiger partial charge in [0.15, 0.2) is 0 Å². The summed E-state index contributed by atoms with van der Waals surface area (Å²) >= 11 is 3.40. The van der Waals surface area contributed by atoms with Gasteiger partial charge in [-0.3, -0.25) is 0 Å². The van der Waals surface area contributed by atoms with Crippen LogP contribution in [-0.2, 0) is 0 Å². The number of halogens is 1. The summed E-state index contributed by atoms with van der Waals surface area (Å²) < 4.78 is 1.03. The topological polar surface area (TPSA) is 23.5 Å². The zero-order valence-electron chi connectivity index (χ0n) is 11.0. The molecule has 0 saturated carbocycles. The van der Waals surface area contributed by atoms with Crippen LogP contribution in [-0.4, -0.2) is 18.7 Å². The molecule has 19 heavy (non-hydrogen) atoms. The Morgan fingerprint density at radius 1 is 1.05 bits per heavy atom. The fraction of sp³-hybridized carbons (Fsp3) is 0.250. The summed E-state index contributed by atoms with van der Waals surface area (Å²) in [6.45, 7) is 0.821. The van der Waals surface area contributed by atoms with Crippen LogP contribution in [0.4, 0.5) is 5.69 Å². The lowest BCUT2D eigenvalue weighted by Gasteiger charge is -2.21. The van der Waals surface area contributed by atoms with Crippen molar-refractivity contribution in [3.05, 3.63) is 64.6 Å². The van der Waals surface area contributed by atoms with E-state index in [9.17, 15) is 5.11 Å². The van der Waals surface area contributed by atoms with Crippen molar-refractivity contribution in [2.75, 3.05) is 18.5 Å². The molecular formula is C16H18BrNO. The van der Waals surface area contributed by atoms with Gasteiger partial charge in [0.1, 0.15) is 0 Å². The molecule has 0 aliphatic rings.